The number of unbranched alkanes of at least 4 members (excludes halogenated alkanes) is 1. The largest absolute Gasteiger partial charge is 0.464 e. The Labute approximate surface area is 215 Å². The SMILES string of the molecule is CNCC(CC1CCCC1)NC(=O)N1CCCC(C(O)(CCCCOC)c2cccc3ccoc23)C1. The van der Waals surface area contributed by atoms with Gasteiger partial charge in [-0.2, -0.15) is 0 Å². The zero-order chi connectivity index (χ0) is 25.4. The summed E-state index contributed by atoms with van der Waals surface area (Å²) in [5, 5.41) is 19.9. The van der Waals surface area contributed by atoms with Gasteiger partial charge in [-0.25, -0.2) is 4.79 Å². The number of urea groups is 1. The van der Waals surface area contributed by atoms with Crippen LogP contribution in [0.1, 0.15) is 69.8 Å². The highest BCUT2D eigenvalue weighted by atomic mass is 16.5. The smallest absolute Gasteiger partial charge is 0.317 e. The number of carbonyl (C=O) groups is 1. The molecule has 2 amide bonds. The van der Waals surface area contributed by atoms with E-state index in [9.17, 15) is 9.90 Å². The van der Waals surface area contributed by atoms with E-state index in [-0.39, 0.29) is 18.0 Å². The molecule has 0 radical (unpaired) electrons. The normalized spacial score (nSPS) is 21.5. The summed E-state index contributed by atoms with van der Waals surface area (Å²) in [4.78, 5) is 15.3. The zero-order valence-electron chi connectivity index (χ0n) is 22.1. The van der Waals surface area contributed by atoms with Crippen LogP contribution in [-0.2, 0) is 10.3 Å². The Morgan fingerprint density at radius 2 is 2.06 bits per heavy atom. The minimum atomic E-state index is -1.07. The van der Waals surface area contributed by atoms with Crippen LogP contribution in [0.15, 0.2) is 34.9 Å². The van der Waals surface area contributed by atoms with Crippen LogP contribution in [0.25, 0.3) is 11.0 Å². The fraction of sp³-hybridized carbons (Fsp3) is 0.690. The van der Waals surface area contributed by atoms with Crippen LogP contribution >= 0.6 is 0 Å². The van der Waals surface area contributed by atoms with Gasteiger partial charge in [0.25, 0.3) is 0 Å². The van der Waals surface area contributed by atoms with Gasteiger partial charge in [0, 0.05) is 56.3 Å². The zero-order valence-corrected chi connectivity index (χ0v) is 22.1. The molecule has 1 aliphatic carbocycles. The van der Waals surface area contributed by atoms with E-state index < -0.39 is 5.60 Å². The van der Waals surface area contributed by atoms with Gasteiger partial charge in [-0.1, -0.05) is 43.9 Å². The van der Waals surface area contributed by atoms with Crippen molar-refractivity contribution >= 4 is 17.0 Å². The van der Waals surface area contributed by atoms with Gasteiger partial charge >= 0.3 is 6.03 Å². The second-order valence-electron chi connectivity index (χ2n) is 10.9. The van der Waals surface area contributed by atoms with Crippen molar-refractivity contribution in [2.45, 2.75) is 75.9 Å². The van der Waals surface area contributed by atoms with Gasteiger partial charge < -0.3 is 29.8 Å². The lowest BCUT2D eigenvalue weighted by molar-refractivity contribution is -0.0558. The molecule has 0 spiro atoms. The summed E-state index contributed by atoms with van der Waals surface area (Å²) >= 11 is 0. The number of para-hydroxylation sites is 1. The lowest BCUT2D eigenvalue weighted by atomic mass is 9.73. The molecule has 2 fully saturated rings. The number of piperidine rings is 1. The van der Waals surface area contributed by atoms with E-state index in [2.05, 4.69) is 10.6 Å². The number of likely N-dealkylation sites (N-methyl/N-ethyl adjacent to an activating group) is 1. The number of nitrogens with zero attached hydrogens (tertiary/aromatic N) is 1. The molecule has 4 rings (SSSR count). The van der Waals surface area contributed by atoms with Gasteiger partial charge in [-0.3, -0.25) is 0 Å². The first kappa shape index (κ1) is 27.0. The summed E-state index contributed by atoms with van der Waals surface area (Å²) in [5.74, 6) is 0.650. The summed E-state index contributed by atoms with van der Waals surface area (Å²) in [6.45, 7) is 2.72. The van der Waals surface area contributed by atoms with Gasteiger partial charge in [0.2, 0.25) is 0 Å². The Bertz CT molecular complexity index is 957. The number of furan rings is 1. The molecule has 1 aromatic heterocycles. The van der Waals surface area contributed by atoms with Gasteiger partial charge in [0.05, 0.1) is 11.9 Å². The Morgan fingerprint density at radius 3 is 2.83 bits per heavy atom. The van der Waals surface area contributed by atoms with Crippen molar-refractivity contribution in [1.82, 2.24) is 15.5 Å². The van der Waals surface area contributed by atoms with E-state index in [0.717, 1.165) is 61.7 Å². The number of fused-ring (bicyclic) bond motifs is 1. The average molecular weight is 500 g/mol. The van der Waals surface area contributed by atoms with Gasteiger partial charge in [0.15, 0.2) is 0 Å². The highest BCUT2D eigenvalue weighted by Crippen LogP contribution is 2.42. The molecule has 3 atom stereocenters. The molecule has 200 valence electrons. The highest BCUT2D eigenvalue weighted by Gasteiger charge is 2.43. The maximum absolute atomic E-state index is 13.4. The molecule has 1 saturated carbocycles. The van der Waals surface area contributed by atoms with Crippen LogP contribution in [-0.4, -0.2) is 62.5 Å². The van der Waals surface area contributed by atoms with E-state index in [1.807, 2.05) is 36.2 Å². The van der Waals surface area contributed by atoms with Crippen LogP contribution in [0, 0.1) is 11.8 Å². The number of aliphatic hydroxyl groups is 1. The van der Waals surface area contributed by atoms with Crippen molar-refractivity contribution in [3.63, 3.8) is 0 Å². The first-order valence-corrected chi connectivity index (χ1v) is 13.9. The number of methoxy groups -OCH3 is 1. The van der Waals surface area contributed by atoms with Crippen molar-refractivity contribution in [1.29, 1.82) is 0 Å². The van der Waals surface area contributed by atoms with Crippen molar-refractivity contribution in [2.24, 2.45) is 11.8 Å². The molecule has 1 saturated heterocycles. The molecular weight excluding hydrogens is 454 g/mol. The van der Waals surface area contributed by atoms with E-state index in [1.54, 1.807) is 13.4 Å². The lowest BCUT2D eigenvalue weighted by Crippen LogP contribution is -2.54. The van der Waals surface area contributed by atoms with E-state index in [4.69, 9.17) is 9.15 Å². The summed E-state index contributed by atoms with van der Waals surface area (Å²) in [6.07, 6.45) is 12.0. The van der Waals surface area contributed by atoms with E-state index in [0.29, 0.717) is 25.5 Å². The van der Waals surface area contributed by atoms with Crippen LogP contribution in [0.2, 0.25) is 0 Å². The fourth-order valence-electron chi connectivity index (χ4n) is 6.44. The highest BCUT2D eigenvalue weighted by molar-refractivity contribution is 5.81. The predicted octanol–water partition coefficient (Wildman–Crippen LogP) is 5.03. The van der Waals surface area contributed by atoms with Crippen molar-refractivity contribution in [2.75, 3.05) is 40.4 Å². The van der Waals surface area contributed by atoms with E-state index >= 15 is 0 Å². The van der Waals surface area contributed by atoms with Crippen LogP contribution in [0.4, 0.5) is 4.79 Å². The quantitative estimate of drug-likeness (QED) is 0.357. The molecule has 2 aliphatic rings. The molecule has 36 heavy (non-hydrogen) atoms. The molecular formula is C29H45N3O4. The lowest BCUT2D eigenvalue weighted by Gasteiger charge is -2.43. The molecule has 7 nitrogen and oxygen atoms in total. The minimum Gasteiger partial charge on any atom is -0.464 e. The Balaban J connectivity index is 1.49. The third-order valence-corrected chi connectivity index (χ3v) is 8.36. The Morgan fingerprint density at radius 1 is 1.22 bits per heavy atom. The molecule has 2 aromatic rings. The fourth-order valence-corrected chi connectivity index (χ4v) is 6.44. The number of benzene rings is 1. The maximum atomic E-state index is 13.4. The first-order valence-electron chi connectivity index (χ1n) is 13.9. The summed E-state index contributed by atoms with van der Waals surface area (Å²) in [5.41, 5.74) is 0.515. The van der Waals surface area contributed by atoms with Crippen LogP contribution in [0.3, 0.4) is 0 Å². The summed E-state index contributed by atoms with van der Waals surface area (Å²) < 4.78 is 11.1. The third-order valence-electron chi connectivity index (χ3n) is 8.36. The van der Waals surface area contributed by atoms with Gasteiger partial charge in [-0.05, 0) is 57.6 Å². The number of ether oxygens (including phenoxy) is 1. The Kier molecular flexibility index (Phi) is 9.68. The number of carbonyl (C=O) groups excluding carboxylic acids is 1. The van der Waals surface area contributed by atoms with E-state index in [1.165, 1.54) is 25.7 Å². The monoisotopic (exact) mass is 499 g/mol. The molecule has 3 unspecified atom stereocenters. The number of likely N-dealkylation sites (tertiary alicyclic amines) is 1. The van der Waals surface area contributed by atoms with Crippen molar-refractivity contribution in [3.8, 4) is 0 Å². The minimum absolute atomic E-state index is 0.00381. The number of amides is 2. The number of nitrogens with one attached hydrogen (secondary N) is 2. The molecule has 1 aliphatic heterocycles. The summed E-state index contributed by atoms with van der Waals surface area (Å²) in [7, 11) is 3.66. The van der Waals surface area contributed by atoms with Gasteiger partial charge in [-0.15, -0.1) is 0 Å². The number of hydrogen-bond acceptors (Lipinski definition) is 5. The first-order chi connectivity index (χ1) is 17.5. The molecule has 7 heteroatoms. The molecule has 3 N–H and O–H groups in total. The van der Waals surface area contributed by atoms with Crippen LogP contribution in [0.5, 0.6) is 0 Å². The third kappa shape index (κ3) is 6.42. The van der Waals surface area contributed by atoms with Crippen molar-refractivity contribution < 1.29 is 19.1 Å². The molecule has 0 bridgehead atoms. The average Bonchev–Trinajstić information content (AvgIpc) is 3.58. The number of hydrogen-bond donors (Lipinski definition) is 3. The predicted molar refractivity (Wildman–Crippen MR) is 143 cm³/mol. The number of rotatable bonds is 12. The van der Waals surface area contributed by atoms with Gasteiger partial charge in [0.1, 0.15) is 5.58 Å². The summed E-state index contributed by atoms with van der Waals surface area (Å²) in [6, 6.07) is 8.07. The second kappa shape index (κ2) is 12.9. The second-order valence-corrected chi connectivity index (χ2v) is 10.9. The topological polar surface area (TPSA) is 87.0 Å². The molecule has 2 heterocycles. The van der Waals surface area contributed by atoms with Crippen molar-refractivity contribution in [3.05, 3.63) is 36.1 Å². The molecule has 1 aromatic carbocycles. The Hall–Kier alpha value is -2.09. The van der Waals surface area contributed by atoms with Crippen LogP contribution < -0.4 is 10.6 Å². The standard InChI is InChI=1S/C29H45N3O4/c1-30-20-25(19-22-9-3-4-10-22)31-28(33)32-16-8-12-24(21-32)29(34,15-5-6-17-35-2)26-13-7-11-23-14-18-36-27(23)26/h7,11,13-14,18,22,24-25,30,34H,3-6,8-10,12,15-17,19-21H2,1-2H3,(H,31,33). The maximum Gasteiger partial charge on any atom is 0.317 e.